The molecule has 0 bridgehead atoms. The van der Waals surface area contributed by atoms with Gasteiger partial charge in [-0.2, -0.15) is 0 Å². The van der Waals surface area contributed by atoms with Gasteiger partial charge in [-0.1, -0.05) is 20.3 Å². The van der Waals surface area contributed by atoms with Crippen LogP contribution in [-0.4, -0.2) is 34.9 Å². The molecule has 1 saturated carbocycles. The average molecular weight is 354 g/mol. The number of unbranched alkanes of at least 4 members (excludes halogenated alkanes) is 1. The molecule has 1 amide bonds. The van der Waals surface area contributed by atoms with Gasteiger partial charge in [0.2, 0.25) is 0 Å². The van der Waals surface area contributed by atoms with Gasteiger partial charge in [0.25, 0.3) is 5.91 Å². The second-order valence-electron chi connectivity index (χ2n) is 5.56. The highest BCUT2D eigenvalue weighted by molar-refractivity contribution is 9.10. The summed E-state index contributed by atoms with van der Waals surface area (Å²) in [6.07, 6.45) is 7.18. The SMILES string of the molecule is CCCCN(C(=O)c1cc(Br)cnc1NCCC)C1CC1. The number of amides is 1. The van der Waals surface area contributed by atoms with E-state index < -0.39 is 0 Å². The molecule has 4 nitrogen and oxygen atoms in total. The van der Waals surface area contributed by atoms with Gasteiger partial charge in [-0.15, -0.1) is 0 Å². The van der Waals surface area contributed by atoms with Crippen molar-refractivity contribution in [2.45, 2.75) is 52.0 Å². The van der Waals surface area contributed by atoms with Crippen LogP contribution in [0.4, 0.5) is 5.82 Å². The summed E-state index contributed by atoms with van der Waals surface area (Å²) < 4.78 is 0.846. The Morgan fingerprint density at radius 1 is 1.43 bits per heavy atom. The minimum absolute atomic E-state index is 0.110. The van der Waals surface area contributed by atoms with Gasteiger partial charge in [-0.3, -0.25) is 4.79 Å². The van der Waals surface area contributed by atoms with E-state index in [0.717, 1.165) is 49.7 Å². The first-order valence-electron chi connectivity index (χ1n) is 7.87. The van der Waals surface area contributed by atoms with Gasteiger partial charge >= 0.3 is 0 Å². The van der Waals surface area contributed by atoms with Crippen molar-refractivity contribution in [1.82, 2.24) is 9.88 Å². The van der Waals surface area contributed by atoms with E-state index in [1.807, 2.05) is 11.0 Å². The molecule has 1 aliphatic rings. The summed E-state index contributed by atoms with van der Waals surface area (Å²) in [6.45, 7) is 5.93. The van der Waals surface area contributed by atoms with Gasteiger partial charge in [0.1, 0.15) is 5.82 Å². The lowest BCUT2D eigenvalue weighted by atomic mass is 10.2. The molecule has 116 valence electrons. The van der Waals surface area contributed by atoms with Gasteiger partial charge in [0.15, 0.2) is 0 Å². The minimum Gasteiger partial charge on any atom is -0.369 e. The molecule has 0 radical (unpaired) electrons. The highest BCUT2D eigenvalue weighted by Crippen LogP contribution is 2.30. The van der Waals surface area contributed by atoms with Crippen LogP contribution < -0.4 is 5.32 Å². The third-order valence-corrected chi connectivity index (χ3v) is 4.06. The van der Waals surface area contributed by atoms with E-state index in [-0.39, 0.29) is 5.91 Å². The first-order valence-corrected chi connectivity index (χ1v) is 8.67. The number of pyridine rings is 1. The van der Waals surface area contributed by atoms with E-state index >= 15 is 0 Å². The fourth-order valence-electron chi connectivity index (χ4n) is 2.31. The normalized spacial score (nSPS) is 14.0. The number of hydrogen-bond donors (Lipinski definition) is 1. The highest BCUT2D eigenvalue weighted by atomic mass is 79.9. The molecule has 0 aliphatic heterocycles. The Balaban J connectivity index is 2.20. The van der Waals surface area contributed by atoms with E-state index in [9.17, 15) is 4.79 Å². The zero-order valence-corrected chi connectivity index (χ0v) is 14.4. The Morgan fingerprint density at radius 3 is 2.81 bits per heavy atom. The monoisotopic (exact) mass is 353 g/mol. The van der Waals surface area contributed by atoms with Gasteiger partial charge in [-0.25, -0.2) is 4.98 Å². The van der Waals surface area contributed by atoms with Gasteiger partial charge in [-0.05, 0) is 47.7 Å². The second-order valence-corrected chi connectivity index (χ2v) is 6.48. The standard InChI is InChI=1S/C16H24BrN3O/c1-3-5-9-20(13-6-7-13)16(21)14-10-12(17)11-19-15(14)18-8-4-2/h10-11,13H,3-9H2,1-2H3,(H,18,19). The molecule has 0 aromatic carbocycles. The Bertz CT molecular complexity index is 488. The van der Waals surface area contributed by atoms with Crippen LogP contribution in [0.2, 0.25) is 0 Å². The molecule has 1 aliphatic carbocycles. The van der Waals surface area contributed by atoms with E-state index in [2.05, 4.69) is 40.1 Å². The molecule has 0 unspecified atom stereocenters. The molecular weight excluding hydrogens is 330 g/mol. The number of carbonyl (C=O) groups excluding carboxylic acids is 1. The van der Waals surface area contributed by atoms with Crippen molar-refractivity contribution >= 4 is 27.7 Å². The third-order valence-electron chi connectivity index (χ3n) is 3.63. The number of nitrogens with one attached hydrogen (secondary N) is 1. The molecule has 2 rings (SSSR count). The zero-order valence-electron chi connectivity index (χ0n) is 12.9. The molecule has 5 heteroatoms. The molecule has 1 fully saturated rings. The predicted octanol–water partition coefficient (Wildman–Crippen LogP) is 4.07. The molecule has 0 saturated heterocycles. The van der Waals surface area contributed by atoms with Crippen molar-refractivity contribution < 1.29 is 4.79 Å². The number of carbonyl (C=O) groups is 1. The molecule has 1 aromatic rings. The van der Waals surface area contributed by atoms with Crippen molar-refractivity contribution in [2.24, 2.45) is 0 Å². The van der Waals surface area contributed by atoms with Gasteiger partial charge in [0.05, 0.1) is 5.56 Å². The van der Waals surface area contributed by atoms with Crippen molar-refractivity contribution in [2.75, 3.05) is 18.4 Å². The van der Waals surface area contributed by atoms with E-state index in [0.29, 0.717) is 17.4 Å². The predicted molar refractivity (Wildman–Crippen MR) is 89.7 cm³/mol. The number of aromatic nitrogens is 1. The molecule has 21 heavy (non-hydrogen) atoms. The van der Waals surface area contributed by atoms with Crippen LogP contribution in [0.25, 0.3) is 0 Å². The number of hydrogen-bond acceptors (Lipinski definition) is 3. The first-order chi connectivity index (χ1) is 10.2. The molecular formula is C16H24BrN3O. The van der Waals surface area contributed by atoms with Crippen LogP contribution in [0.3, 0.4) is 0 Å². The maximum atomic E-state index is 12.9. The lowest BCUT2D eigenvalue weighted by molar-refractivity contribution is 0.0741. The van der Waals surface area contributed by atoms with E-state index in [1.165, 1.54) is 0 Å². The van der Waals surface area contributed by atoms with Crippen molar-refractivity contribution in [1.29, 1.82) is 0 Å². The quantitative estimate of drug-likeness (QED) is 0.765. The van der Waals surface area contributed by atoms with Gasteiger partial charge < -0.3 is 10.2 Å². The number of nitrogens with zero attached hydrogens (tertiary/aromatic N) is 2. The smallest absolute Gasteiger partial charge is 0.257 e. The van der Waals surface area contributed by atoms with Crippen LogP contribution >= 0.6 is 15.9 Å². The van der Waals surface area contributed by atoms with Crippen LogP contribution in [0.15, 0.2) is 16.7 Å². The Hall–Kier alpha value is -1.10. The topological polar surface area (TPSA) is 45.2 Å². The molecule has 0 atom stereocenters. The van der Waals surface area contributed by atoms with Crippen LogP contribution in [0.5, 0.6) is 0 Å². The number of anilines is 1. The molecule has 1 heterocycles. The zero-order chi connectivity index (χ0) is 15.2. The molecule has 1 N–H and O–H groups in total. The fraction of sp³-hybridized carbons (Fsp3) is 0.625. The van der Waals surface area contributed by atoms with Crippen LogP contribution in [0, 0.1) is 0 Å². The van der Waals surface area contributed by atoms with Crippen LogP contribution in [-0.2, 0) is 0 Å². The maximum Gasteiger partial charge on any atom is 0.257 e. The van der Waals surface area contributed by atoms with Crippen molar-refractivity contribution in [3.63, 3.8) is 0 Å². The second kappa shape index (κ2) is 7.78. The number of rotatable bonds is 8. The number of halogens is 1. The lowest BCUT2D eigenvalue weighted by Crippen LogP contribution is -2.34. The first kappa shape index (κ1) is 16.3. The van der Waals surface area contributed by atoms with Gasteiger partial charge in [0, 0.05) is 29.8 Å². The molecule has 1 aromatic heterocycles. The summed E-state index contributed by atoms with van der Waals surface area (Å²) in [5.74, 6) is 0.811. The highest BCUT2D eigenvalue weighted by Gasteiger charge is 2.33. The Kier molecular flexibility index (Phi) is 6.03. The van der Waals surface area contributed by atoms with E-state index in [4.69, 9.17) is 0 Å². The summed E-state index contributed by atoms with van der Waals surface area (Å²) in [7, 11) is 0. The molecule has 0 spiro atoms. The Morgan fingerprint density at radius 2 is 2.19 bits per heavy atom. The van der Waals surface area contributed by atoms with Crippen molar-refractivity contribution in [3.8, 4) is 0 Å². The summed E-state index contributed by atoms with van der Waals surface area (Å²) in [6, 6.07) is 2.32. The maximum absolute atomic E-state index is 12.9. The minimum atomic E-state index is 0.110. The lowest BCUT2D eigenvalue weighted by Gasteiger charge is -2.23. The largest absolute Gasteiger partial charge is 0.369 e. The summed E-state index contributed by atoms with van der Waals surface area (Å²) in [5.41, 5.74) is 0.681. The van der Waals surface area contributed by atoms with Crippen molar-refractivity contribution in [3.05, 3.63) is 22.3 Å². The summed E-state index contributed by atoms with van der Waals surface area (Å²) in [5, 5.41) is 3.26. The fourth-order valence-corrected chi connectivity index (χ4v) is 2.64. The third kappa shape index (κ3) is 4.43. The summed E-state index contributed by atoms with van der Waals surface area (Å²) in [4.78, 5) is 19.3. The average Bonchev–Trinajstić information content (AvgIpc) is 3.31. The summed E-state index contributed by atoms with van der Waals surface area (Å²) >= 11 is 3.43. The Labute approximate surface area is 135 Å². The van der Waals surface area contributed by atoms with Crippen LogP contribution in [0.1, 0.15) is 56.3 Å². The van der Waals surface area contributed by atoms with E-state index in [1.54, 1.807) is 6.20 Å².